The summed E-state index contributed by atoms with van der Waals surface area (Å²) in [7, 11) is -4.64. The van der Waals surface area contributed by atoms with Crippen LogP contribution in [0.4, 0.5) is 0 Å². The molecule has 0 aliphatic carbocycles. The highest BCUT2D eigenvalue weighted by Crippen LogP contribution is 2.25. The van der Waals surface area contributed by atoms with Crippen molar-refractivity contribution in [3.63, 3.8) is 0 Å². The lowest BCUT2D eigenvalue weighted by Gasteiger charge is -2.17. The summed E-state index contributed by atoms with van der Waals surface area (Å²) >= 11 is 4.95. The molecule has 8 nitrogen and oxygen atoms in total. The highest BCUT2D eigenvalue weighted by atomic mass is 35.5. The van der Waals surface area contributed by atoms with Gasteiger partial charge in [0, 0.05) is 5.41 Å². The van der Waals surface area contributed by atoms with Crippen molar-refractivity contribution in [1.29, 1.82) is 5.26 Å². The number of nitrogens with zero attached hydrogens (tertiary/aromatic N) is 1. The molecule has 0 saturated heterocycles. The number of nitriles is 1. The number of phosphoric acid groups is 1. The van der Waals surface area contributed by atoms with E-state index in [9.17, 15) is 0 Å². The normalized spacial score (nSPS) is 10.1. The first-order chi connectivity index (χ1) is 7.04. The summed E-state index contributed by atoms with van der Waals surface area (Å²) in [6.07, 6.45) is 1.25. The van der Waals surface area contributed by atoms with Gasteiger partial charge in [0.05, 0.1) is 25.1 Å². The molecule has 0 aliphatic heterocycles. The summed E-state index contributed by atoms with van der Waals surface area (Å²) in [5.41, 5.74) is 3.95. The van der Waals surface area contributed by atoms with Crippen molar-refractivity contribution in [1.82, 2.24) is 0 Å². The molecule has 0 atom stereocenters. The van der Waals surface area contributed by atoms with Gasteiger partial charge < -0.3 is 25.5 Å². The van der Waals surface area contributed by atoms with Crippen LogP contribution in [0.3, 0.4) is 0 Å². The average molecular weight is 279 g/mol. The summed E-state index contributed by atoms with van der Waals surface area (Å²) in [5, 5.41) is 15.7. The largest absolute Gasteiger partial charge is 0.466 e. The van der Waals surface area contributed by atoms with E-state index < -0.39 is 7.82 Å². The van der Waals surface area contributed by atoms with Crippen molar-refractivity contribution in [2.45, 2.75) is 13.8 Å². The molecule has 0 spiro atoms. The molecule has 0 heterocycles. The quantitative estimate of drug-likeness (QED) is 0.267. The first kappa shape index (κ1) is 21.0. The van der Waals surface area contributed by atoms with Gasteiger partial charge in [-0.1, -0.05) is 13.8 Å². The Balaban J connectivity index is -0.000000181. The second kappa shape index (κ2) is 11.1. The van der Waals surface area contributed by atoms with Crippen molar-refractivity contribution < 1.29 is 28.6 Å². The second-order valence-electron chi connectivity index (χ2n) is 3.22. The molecule has 0 saturated carbocycles. The van der Waals surface area contributed by atoms with Crippen molar-refractivity contribution >= 4 is 19.7 Å². The van der Waals surface area contributed by atoms with Crippen LogP contribution >= 0.6 is 19.7 Å². The Morgan fingerprint density at radius 1 is 1.50 bits per heavy atom. The van der Waals surface area contributed by atoms with Gasteiger partial charge in [-0.05, 0) is 0 Å². The molecule has 0 aliphatic rings. The molecule has 0 fully saturated rings. The number of hydrogen-bond acceptors (Lipinski definition) is 5. The summed E-state index contributed by atoms with van der Waals surface area (Å²) in [6, 6.07) is 0. The van der Waals surface area contributed by atoms with E-state index in [-0.39, 0.29) is 12.0 Å². The van der Waals surface area contributed by atoms with Crippen LogP contribution in [0.5, 0.6) is 0 Å². The fraction of sp³-hybridized carbons (Fsp3) is 0.833. The first-order valence-corrected chi connectivity index (χ1v) is 5.63. The van der Waals surface area contributed by atoms with Crippen molar-refractivity contribution in [2.24, 2.45) is 11.1 Å². The molecule has 0 unspecified atom stereocenters. The van der Waals surface area contributed by atoms with E-state index in [1.165, 1.54) is 6.19 Å². The Bertz CT molecular complexity index is 229. The topological polar surface area (TPSA) is 157 Å². The molecule has 10 heteroatoms. The zero-order valence-corrected chi connectivity index (χ0v) is 10.5. The number of nitrogens with two attached hydrogens (primary N) is 1. The molecule has 0 amide bonds. The first-order valence-electron chi connectivity index (χ1n) is 3.76. The molecule has 0 aromatic rings. The minimum atomic E-state index is -4.64. The molecule has 16 heavy (non-hydrogen) atoms. The minimum absolute atomic E-state index is 0.0969. The van der Waals surface area contributed by atoms with E-state index in [0.717, 1.165) is 0 Å². The van der Waals surface area contributed by atoms with Crippen molar-refractivity contribution in [3.05, 3.63) is 0 Å². The predicted octanol–water partition coefficient (Wildman–Crippen LogP) is -0.327. The van der Waals surface area contributed by atoms with E-state index in [2.05, 4.69) is 10.0 Å². The van der Waals surface area contributed by atoms with E-state index in [1.54, 1.807) is 0 Å². The fourth-order valence-corrected chi connectivity index (χ4v) is 0.489. The lowest BCUT2D eigenvalue weighted by Crippen LogP contribution is -2.21. The molecule has 0 radical (unpaired) electrons. The third-order valence-electron chi connectivity index (χ3n) is 0.873. The maximum Gasteiger partial charge on any atom is 0.466 e. The SMILES string of the molecule is CC(C)(CO)COCl.N#CN.O=P(O)(O)O. The Morgan fingerprint density at radius 3 is 1.81 bits per heavy atom. The smallest absolute Gasteiger partial charge is 0.396 e. The van der Waals surface area contributed by atoms with Crippen molar-refractivity contribution in [3.8, 4) is 6.19 Å². The lowest BCUT2D eigenvalue weighted by atomic mass is 9.97. The van der Waals surface area contributed by atoms with Gasteiger partial charge in [0.1, 0.15) is 0 Å². The summed E-state index contributed by atoms with van der Waals surface area (Å²) in [6.45, 7) is 4.22. The molecule has 0 bridgehead atoms. The summed E-state index contributed by atoms with van der Waals surface area (Å²) < 4.78 is 13.2. The van der Waals surface area contributed by atoms with Gasteiger partial charge >= 0.3 is 7.82 Å². The zero-order valence-electron chi connectivity index (χ0n) is 8.87. The minimum Gasteiger partial charge on any atom is -0.396 e. The van der Waals surface area contributed by atoms with E-state index >= 15 is 0 Å². The third-order valence-corrected chi connectivity index (χ3v) is 0.982. The lowest BCUT2D eigenvalue weighted by molar-refractivity contribution is 0.103. The molecule has 0 rings (SSSR count). The monoisotopic (exact) mass is 278 g/mol. The van der Waals surface area contributed by atoms with Crippen molar-refractivity contribution in [2.75, 3.05) is 13.2 Å². The number of aliphatic hydroxyl groups excluding tert-OH is 1. The van der Waals surface area contributed by atoms with Gasteiger partial charge in [-0.25, -0.2) is 4.57 Å². The van der Waals surface area contributed by atoms with Gasteiger partial charge in [-0.15, -0.1) is 0 Å². The van der Waals surface area contributed by atoms with E-state index in [0.29, 0.717) is 6.61 Å². The Labute approximate surface area is 98.6 Å². The highest BCUT2D eigenvalue weighted by Gasteiger charge is 2.15. The molecule has 6 N–H and O–H groups in total. The Morgan fingerprint density at radius 2 is 1.75 bits per heavy atom. The van der Waals surface area contributed by atoms with Crippen LogP contribution < -0.4 is 5.73 Å². The Kier molecular flexibility index (Phi) is 14.5. The second-order valence-corrected chi connectivity index (χ2v) is 4.46. The van der Waals surface area contributed by atoms with Gasteiger partial charge in [-0.2, -0.15) is 5.26 Å². The number of hydrogen-bond donors (Lipinski definition) is 5. The van der Waals surface area contributed by atoms with E-state index in [1.807, 2.05) is 13.8 Å². The summed E-state index contributed by atoms with van der Waals surface area (Å²) in [5.74, 6) is 0. The standard InChI is InChI=1S/C5H11ClO2.CH2N2.H3O4P/c1-5(2,3-7)4-8-6;2-1-3;1-5(2,3)4/h7H,3-4H2,1-2H3;2H2;(H3,1,2,3,4). The Hall–Kier alpha value is -0.390. The zero-order chi connectivity index (χ0) is 13.8. The van der Waals surface area contributed by atoms with Gasteiger partial charge in [-0.3, -0.25) is 4.29 Å². The number of rotatable bonds is 3. The number of halogens is 1. The van der Waals surface area contributed by atoms with Crippen LogP contribution in [0.25, 0.3) is 0 Å². The maximum absolute atomic E-state index is 8.88. The van der Waals surface area contributed by atoms with Crippen LogP contribution in [-0.2, 0) is 8.85 Å². The molecular formula is C6H16ClN2O6P. The fourth-order valence-electron chi connectivity index (χ4n) is 0.193. The van der Waals surface area contributed by atoms with Crippen LogP contribution in [0.2, 0.25) is 0 Å². The van der Waals surface area contributed by atoms with Gasteiger partial charge in [0.25, 0.3) is 0 Å². The van der Waals surface area contributed by atoms with E-state index in [4.69, 9.17) is 41.5 Å². The third kappa shape index (κ3) is 49.5. The number of aliphatic hydroxyl groups is 1. The highest BCUT2D eigenvalue weighted by molar-refractivity contribution is 7.45. The maximum atomic E-state index is 8.88. The van der Waals surface area contributed by atoms with Gasteiger partial charge in [0.15, 0.2) is 6.19 Å². The molecule has 0 aromatic carbocycles. The molecule has 0 aromatic heterocycles. The van der Waals surface area contributed by atoms with Crippen LogP contribution in [0, 0.1) is 16.9 Å². The summed E-state index contributed by atoms with van der Waals surface area (Å²) in [4.78, 5) is 21.6. The van der Waals surface area contributed by atoms with Crippen LogP contribution in [-0.4, -0.2) is 33.0 Å². The molecular weight excluding hydrogens is 263 g/mol. The van der Waals surface area contributed by atoms with Gasteiger partial charge in [0.2, 0.25) is 0 Å². The van der Waals surface area contributed by atoms with Crippen LogP contribution in [0.15, 0.2) is 0 Å². The average Bonchev–Trinajstić information content (AvgIpc) is 2.02. The molecule has 98 valence electrons. The van der Waals surface area contributed by atoms with Crippen LogP contribution in [0.1, 0.15) is 13.8 Å². The predicted molar refractivity (Wildman–Crippen MR) is 56.7 cm³/mol.